The van der Waals surface area contributed by atoms with Gasteiger partial charge in [0.2, 0.25) is 0 Å². The summed E-state index contributed by atoms with van der Waals surface area (Å²) in [6.45, 7) is 2.59. The molecule has 1 aliphatic rings. The summed E-state index contributed by atoms with van der Waals surface area (Å²) in [4.78, 5) is 12.7. The van der Waals surface area contributed by atoms with E-state index >= 15 is 0 Å². The van der Waals surface area contributed by atoms with Gasteiger partial charge in [-0.1, -0.05) is 0 Å². The molecule has 0 aromatic carbocycles. The van der Waals surface area contributed by atoms with Crippen molar-refractivity contribution >= 4 is 6.03 Å². The van der Waals surface area contributed by atoms with Gasteiger partial charge in [-0.3, -0.25) is 5.43 Å². The van der Waals surface area contributed by atoms with Crippen LogP contribution in [0.2, 0.25) is 0 Å². The van der Waals surface area contributed by atoms with Crippen molar-refractivity contribution in [3.05, 3.63) is 0 Å². The zero-order valence-corrected chi connectivity index (χ0v) is 7.56. The molecule has 0 aliphatic carbocycles. The molecule has 4 N–H and O–H groups in total. The summed E-state index contributed by atoms with van der Waals surface area (Å²) < 4.78 is 5.25. The van der Waals surface area contributed by atoms with Crippen LogP contribution in [-0.2, 0) is 4.74 Å². The lowest BCUT2D eigenvalue weighted by Gasteiger charge is -2.36. The highest BCUT2D eigenvalue weighted by molar-refractivity contribution is 5.73. The summed E-state index contributed by atoms with van der Waals surface area (Å²) in [5, 5.41) is 8.83. The van der Waals surface area contributed by atoms with Crippen LogP contribution in [0.25, 0.3) is 0 Å². The van der Waals surface area contributed by atoms with Gasteiger partial charge in [-0.15, -0.1) is 0 Å². The quantitative estimate of drug-likeness (QED) is 0.270. The molecule has 1 aliphatic heterocycles. The number of aliphatic hydroxyl groups excluding tert-OH is 1. The Morgan fingerprint density at radius 3 is 3.08 bits per heavy atom. The average Bonchev–Trinajstić information content (AvgIpc) is 2.17. The lowest BCUT2D eigenvalue weighted by atomic mass is 10.2. The van der Waals surface area contributed by atoms with Gasteiger partial charge in [-0.25, -0.2) is 10.6 Å². The van der Waals surface area contributed by atoms with Gasteiger partial charge in [0.05, 0.1) is 31.9 Å². The monoisotopic (exact) mass is 189 g/mol. The molecule has 2 atom stereocenters. The van der Waals surface area contributed by atoms with Crippen LogP contribution in [0, 0.1) is 0 Å². The zero-order valence-electron chi connectivity index (χ0n) is 7.56. The Hall–Kier alpha value is -0.850. The molecule has 0 saturated carbocycles. The molecule has 1 saturated heterocycles. The lowest BCUT2D eigenvalue weighted by molar-refractivity contribution is -0.0627. The fraction of sp³-hybridized carbons (Fsp3) is 0.857. The minimum atomic E-state index is -0.339. The van der Waals surface area contributed by atoms with Crippen LogP contribution in [0.1, 0.15) is 6.92 Å². The molecule has 1 heterocycles. The smallest absolute Gasteiger partial charge is 0.331 e. The van der Waals surface area contributed by atoms with Crippen molar-refractivity contribution < 1.29 is 14.6 Å². The Morgan fingerprint density at radius 2 is 2.54 bits per heavy atom. The predicted molar refractivity (Wildman–Crippen MR) is 45.7 cm³/mol. The van der Waals surface area contributed by atoms with Gasteiger partial charge in [-0.2, -0.15) is 0 Å². The number of nitrogens with zero attached hydrogens (tertiary/aromatic N) is 1. The van der Waals surface area contributed by atoms with E-state index in [4.69, 9.17) is 15.7 Å². The third kappa shape index (κ3) is 2.30. The van der Waals surface area contributed by atoms with Crippen molar-refractivity contribution in [2.45, 2.75) is 19.1 Å². The zero-order chi connectivity index (χ0) is 9.84. The second kappa shape index (κ2) is 4.40. The van der Waals surface area contributed by atoms with E-state index in [-0.39, 0.29) is 24.8 Å². The largest absolute Gasteiger partial charge is 0.394 e. The Labute approximate surface area is 76.6 Å². The molecular formula is C7H15N3O3. The number of carbonyl (C=O) groups excluding carboxylic acids is 1. The van der Waals surface area contributed by atoms with Gasteiger partial charge < -0.3 is 14.7 Å². The first-order valence-electron chi connectivity index (χ1n) is 4.18. The van der Waals surface area contributed by atoms with E-state index < -0.39 is 0 Å². The first-order valence-corrected chi connectivity index (χ1v) is 4.18. The maximum atomic E-state index is 11.2. The number of amides is 2. The molecule has 6 heteroatoms. The number of nitrogens with two attached hydrogens (primary N) is 1. The fourth-order valence-electron chi connectivity index (χ4n) is 1.29. The Morgan fingerprint density at radius 1 is 1.85 bits per heavy atom. The summed E-state index contributed by atoms with van der Waals surface area (Å²) >= 11 is 0. The molecule has 76 valence electrons. The third-order valence-corrected chi connectivity index (χ3v) is 2.09. The highest BCUT2D eigenvalue weighted by Gasteiger charge is 2.28. The number of morpholine rings is 1. The van der Waals surface area contributed by atoms with E-state index in [0.717, 1.165) is 0 Å². The number of rotatable bonds is 1. The summed E-state index contributed by atoms with van der Waals surface area (Å²) in [5.41, 5.74) is 2.06. The van der Waals surface area contributed by atoms with Gasteiger partial charge in [0.1, 0.15) is 0 Å². The van der Waals surface area contributed by atoms with E-state index in [1.54, 1.807) is 4.90 Å². The van der Waals surface area contributed by atoms with Crippen LogP contribution >= 0.6 is 0 Å². The molecule has 2 unspecified atom stereocenters. The van der Waals surface area contributed by atoms with Gasteiger partial charge in [0, 0.05) is 0 Å². The summed E-state index contributed by atoms with van der Waals surface area (Å²) in [6, 6.07) is -0.347. The predicted octanol–water partition coefficient (Wildman–Crippen LogP) is -1.35. The summed E-state index contributed by atoms with van der Waals surface area (Å²) in [7, 11) is 0. The number of hydrogen-bond acceptors (Lipinski definition) is 4. The van der Waals surface area contributed by atoms with E-state index in [9.17, 15) is 4.79 Å². The molecule has 0 aromatic heterocycles. The Balaban J connectivity index is 2.54. The van der Waals surface area contributed by atoms with Crippen LogP contribution in [0.15, 0.2) is 0 Å². The molecule has 1 fully saturated rings. The molecule has 0 spiro atoms. The minimum absolute atomic E-state index is 0.00801. The standard InChI is InChI=1S/C7H15N3O3/c1-5-4-13-6(3-11)2-10(5)7(12)9-8/h5-6,11H,2-4,8H2,1H3,(H,9,12). The molecular weight excluding hydrogens is 174 g/mol. The van der Waals surface area contributed by atoms with Crippen molar-refractivity contribution in [3.8, 4) is 0 Å². The van der Waals surface area contributed by atoms with E-state index in [1.165, 1.54) is 0 Å². The molecule has 0 bridgehead atoms. The molecule has 0 radical (unpaired) electrons. The number of hydrogen-bond donors (Lipinski definition) is 3. The van der Waals surface area contributed by atoms with Crippen LogP contribution < -0.4 is 11.3 Å². The number of ether oxygens (including phenoxy) is 1. The highest BCUT2D eigenvalue weighted by atomic mass is 16.5. The first kappa shape index (κ1) is 10.2. The maximum Gasteiger partial charge on any atom is 0.331 e. The summed E-state index contributed by atoms with van der Waals surface area (Å²) in [6.07, 6.45) is -0.298. The van der Waals surface area contributed by atoms with Crippen molar-refractivity contribution in [2.24, 2.45) is 5.84 Å². The molecule has 13 heavy (non-hydrogen) atoms. The van der Waals surface area contributed by atoms with Crippen molar-refractivity contribution in [2.75, 3.05) is 19.8 Å². The van der Waals surface area contributed by atoms with Crippen LogP contribution in [0.3, 0.4) is 0 Å². The van der Waals surface area contributed by atoms with Gasteiger partial charge in [0.15, 0.2) is 0 Å². The average molecular weight is 189 g/mol. The molecule has 2 amide bonds. The van der Waals surface area contributed by atoms with Crippen molar-refractivity contribution in [1.82, 2.24) is 10.3 Å². The maximum absolute atomic E-state index is 11.2. The number of hydrazine groups is 1. The third-order valence-electron chi connectivity index (χ3n) is 2.09. The van der Waals surface area contributed by atoms with E-state index in [2.05, 4.69) is 5.43 Å². The van der Waals surface area contributed by atoms with Crippen LogP contribution in [-0.4, -0.2) is 47.9 Å². The fourth-order valence-corrected chi connectivity index (χ4v) is 1.29. The van der Waals surface area contributed by atoms with Gasteiger partial charge in [0.25, 0.3) is 0 Å². The lowest BCUT2D eigenvalue weighted by Crippen LogP contribution is -2.56. The number of urea groups is 1. The van der Waals surface area contributed by atoms with E-state index in [0.29, 0.717) is 13.2 Å². The molecule has 1 rings (SSSR count). The SMILES string of the molecule is CC1COC(CO)CN1C(=O)NN. The van der Waals surface area contributed by atoms with Gasteiger partial charge in [-0.05, 0) is 6.92 Å². The topological polar surface area (TPSA) is 87.8 Å². The Kier molecular flexibility index (Phi) is 3.47. The van der Waals surface area contributed by atoms with E-state index in [1.807, 2.05) is 6.92 Å². The molecule has 0 aromatic rings. The normalized spacial score (nSPS) is 28.7. The van der Waals surface area contributed by atoms with Crippen LogP contribution in [0.4, 0.5) is 4.79 Å². The number of nitrogens with one attached hydrogen (secondary N) is 1. The second-order valence-corrected chi connectivity index (χ2v) is 3.09. The van der Waals surface area contributed by atoms with Crippen LogP contribution in [0.5, 0.6) is 0 Å². The second-order valence-electron chi connectivity index (χ2n) is 3.09. The first-order chi connectivity index (χ1) is 6.19. The van der Waals surface area contributed by atoms with Crippen molar-refractivity contribution in [3.63, 3.8) is 0 Å². The highest BCUT2D eigenvalue weighted by Crippen LogP contribution is 2.10. The summed E-state index contributed by atoms with van der Waals surface area (Å²) in [5.74, 6) is 5.01. The number of carbonyl (C=O) groups is 1. The van der Waals surface area contributed by atoms with Gasteiger partial charge >= 0.3 is 6.03 Å². The van der Waals surface area contributed by atoms with Crippen molar-refractivity contribution in [1.29, 1.82) is 0 Å². The minimum Gasteiger partial charge on any atom is -0.394 e. The molecule has 6 nitrogen and oxygen atoms in total. The Bertz CT molecular complexity index is 188. The number of aliphatic hydroxyl groups is 1.